The largest absolute Gasteiger partial charge is 0.468 e. The molecule has 4 heteroatoms. The Labute approximate surface area is 116 Å². The first-order valence-electron chi connectivity index (χ1n) is 6.47. The molecule has 0 fully saturated rings. The van der Waals surface area contributed by atoms with Crippen LogP contribution in [0, 0.1) is 0 Å². The minimum Gasteiger partial charge on any atom is -0.468 e. The van der Waals surface area contributed by atoms with Crippen molar-refractivity contribution in [2.75, 3.05) is 6.54 Å². The summed E-state index contributed by atoms with van der Waals surface area (Å²) in [5.74, 6) is 1.01. The molecule has 0 radical (unpaired) electrons. The lowest BCUT2D eigenvalue weighted by Crippen LogP contribution is -2.12. The molecule has 0 saturated carbocycles. The van der Waals surface area contributed by atoms with Gasteiger partial charge in [0, 0.05) is 12.0 Å². The van der Waals surface area contributed by atoms with Crippen molar-refractivity contribution in [3.8, 4) is 0 Å². The SMILES string of the molecule is CCNCc1occc1Cc1nc2ccccc2s1. The van der Waals surface area contributed by atoms with E-state index in [0.717, 1.165) is 35.8 Å². The van der Waals surface area contributed by atoms with Crippen LogP contribution in [-0.4, -0.2) is 11.5 Å². The van der Waals surface area contributed by atoms with Gasteiger partial charge < -0.3 is 9.73 Å². The molecule has 0 aliphatic carbocycles. The first kappa shape index (κ1) is 12.4. The second-order valence-corrected chi connectivity index (χ2v) is 5.52. The molecule has 0 aliphatic rings. The summed E-state index contributed by atoms with van der Waals surface area (Å²) in [6.45, 7) is 3.82. The molecule has 2 heterocycles. The van der Waals surface area contributed by atoms with E-state index in [2.05, 4.69) is 35.4 Å². The average Bonchev–Trinajstić information content (AvgIpc) is 3.02. The fourth-order valence-corrected chi connectivity index (χ4v) is 3.07. The van der Waals surface area contributed by atoms with E-state index in [0.29, 0.717) is 0 Å². The molecule has 2 aromatic heterocycles. The summed E-state index contributed by atoms with van der Waals surface area (Å²) in [4.78, 5) is 4.67. The zero-order valence-corrected chi connectivity index (χ0v) is 11.7. The first-order valence-corrected chi connectivity index (χ1v) is 7.29. The van der Waals surface area contributed by atoms with Gasteiger partial charge in [-0.05, 0) is 24.7 Å². The van der Waals surface area contributed by atoms with Crippen molar-refractivity contribution in [3.05, 3.63) is 52.9 Å². The molecule has 0 bridgehead atoms. The average molecular weight is 272 g/mol. The third-order valence-corrected chi connectivity index (χ3v) is 4.09. The highest BCUT2D eigenvalue weighted by Crippen LogP contribution is 2.24. The molecule has 1 N–H and O–H groups in total. The van der Waals surface area contributed by atoms with Crippen LogP contribution in [0.4, 0.5) is 0 Å². The number of fused-ring (bicyclic) bond motifs is 1. The maximum absolute atomic E-state index is 5.53. The molecule has 0 amide bonds. The van der Waals surface area contributed by atoms with Crippen LogP contribution in [0.5, 0.6) is 0 Å². The van der Waals surface area contributed by atoms with Crippen molar-refractivity contribution < 1.29 is 4.42 Å². The van der Waals surface area contributed by atoms with Crippen molar-refractivity contribution in [2.24, 2.45) is 0 Å². The summed E-state index contributed by atoms with van der Waals surface area (Å²) < 4.78 is 6.77. The number of hydrogen-bond donors (Lipinski definition) is 1. The van der Waals surface area contributed by atoms with Crippen LogP contribution in [0.25, 0.3) is 10.2 Å². The van der Waals surface area contributed by atoms with Gasteiger partial charge in [-0.25, -0.2) is 4.98 Å². The highest BCUT2D eigenvalue weighted by molar-refractivity contribution is 7.18. The van der Waals surface area contributed by atoms with Crippen molar-refractivity contribution >= 4 is 21.6 Å². The van der Waals surface area contributed by atoms with Gasteiger partial charge in [0.2, 0.25) is 0 Å². The zero-order chi connectivity index (χ0) is 13.1. The first-order chi connectivity index (χ1) is 9.36. The predicted octanol–water partition coefficient (Wildman–Crippen LogP) is 3.59. The summed E-state index contributed by atoms with van der Waals surface area (Å²) in [5.41, 5.74) is 2.30. The van der Waals surface area contributed by atoms with Gasteiger partial charge in [-0.2, -0.15) is 0 Å². The predicted molar refractivity (Wildman–Crippen MR) is 78.5 cm³/mol. The Morgan fingerprint density at radius 1 is 1.26 bits per heavy atom. The maximum atomic E-state index is 5.53. The van der Waals surface area contributed by atoms with Crippen LogP contribution in [0.2, 0.25) is 0 Å². The third kappa shape index (κ3) is 2.69. The number of para-hydroxylation sites is 1. The Hall–Kier alpha value is -1.65. The topological polar surface area (TPSA) is 38.1 Å². The monoisotopic (exact) mass is 272 g/mol. The Morgan fingerprint density at radius 2 is 2.16 bits per heavy atom. The molecule has 3 nitrogen and oxygen atoms in total. The van der Waals surface area contributed by atoms with Crippen molar-refractivity contribution in [2.45, 2.75) is 19.9 Å². The second-order valence-electron chi connectivity index (χ2n) is 4.40. The molecule has 0 unspecified atom stereocenters. The Kier molecular flexibility index (Phi) is 3.62. The van der Waals surface area contributed by atoms with Gasteiger partial charge in [0.05, 0.1) is 28.0 Å². The van der Waals surface area contributed by atoms with Crippen molar-refractivity contribution in [1.29, 1.82) is 0 Å². The number of thiazole rings is 1. The third-order valence-electron chi connectivity index (χ3n) is 3.05. The smallest absolute Gasteiger partial charge is 0.121 e. The highest BCUT2D eigenvalue weighted by Gasteiger charge is 2.10. The fraction of sp³-hybridized carbons (Fsp3) is 0.267. The Morgan fingerprint density at radius 3 is 3.00 bits per heavy atom. The molecular formula is C15H16N2OS. The summed E-state index contributed by atoms with van der Waals surface area (Å²) >= 11 is 1.75. The van der Waals surface area contributed by atoms with Gasteiger partial charge in [-0.3, -0.25) is 0 Å². The van der Waals surface area contributed by atoms with Gasteiger partial charge in [0.1, 0.15) is 5.76 Å². The number of aromatic nitrogens is 1. The minimum atomic E-state index is 0.781. The molecule has 1 aromatic carbocycles. The summed E-state index contributed by atoms with van der Waals surface area (Å²) in [6.07, 6.45) is 2.60. The standard InChI is InChI=1S/C15H16N2OS/c1-2-16-10-13-11(7-8-18-13)9-15-17-12-5-3-4-6-14(12)19-15/h3-8,16H,2,9-10H2,1H3. The molecule has 19 heavy (non-hydrogen) atoms. The Balaban J connectivity index is 1.82. The van der Waals surface area contributed by atoms with Crippen LogP contribution < -0.4 is 5.32 Å². The number of hydrogen-bond acceptors (Lipinski definition) is 4. The summed E-state index contributed by atoms with van der Waals surface area (Å²) in [6, 6.07) is 10.3. The number of rotatable bonds is 5. The van der Waals surface area contributed by atoms with Crippen molar-refractivity contribution in [1.82, 2.24) is 10.3 Å². The van der Waals surface area contributed by atoms with E-state index >= 15 is 0 Å². The van der Waals surface area contributed by atoms with Crippen LogP contribution in [0.3, 0.4) is 0 Å². The van der Waals surface area contributed by atoms with Gasteiger partial charge in [-0.15, -0.1) is 11.3 Å². The van der Waals surface area contributed by atoms with Crippen LogP contribution in [0.15, 0.2) is 41.0 Å². The van der Waals surface area contributed by atoms with Crippen LogP contribution in [-0.2, 0) is 13.0 Å². The van der Waals surface area contributed by atoms with Crippen LogP contribution >= 0.6 is 11.3 Å². The zero-order valence-electron chi connectivity index (χ0n) is 10.8. The quantitative estimate of drug-likeness (QED) is 0.771. The summed E-state index contributed by atoms with van der Waals surface area (Å²) in [7, 11) is 0. The highest BCUT2D eigenvalue weighted by atomic mass is 32.1. The van der Waals surface area contributed by atoms with E-state index in [4.69, 9.17) is 4.42 Å². The van der Waals surface area contributed by atoms with E-state index in [-0.39, 0.29) is 0 Å². The molecule has 3 aromatic rings. The molecular weight excluding hydrogens is 256 g/mol. The van der Waals surface area contributed by atoms with Crippen molar-refractivity contribution in [3.63, 3.8) is 0 Å². The molecule has 3 rings (SSSR count). The van der Waals surface area contributed by atoms with E-state index < -0.39 is 0 Å². The number of nitrogens with zero attached hydrogens (tertiary/aromatic N) is 1. The van der Waals surface area contributed by atoms with Gasteiger partial charge in [0.25, 0.3) is 0 Å². The van der Waals surface area contributed by atoms with E-state index in [9.17, 15) is 0 Å². The summed E-state index contributed by atoms with van der Waals surface area (Å²) in [5, 5.41) is 4.43. The lowest BCUT2D eigenvalue weighted by molar-refractivity contribution is 0.483. The van der Waals surface area contributed by atoms with E-state index in [1.165, 1.54) is 10.3 Å². The second kappa shape index (κ2) is 5.55. The van der Waals surface area contributed by atoms with E-state index in [1.807, 2.05) is 12.1 Å². The fourth-order valence-electron chi connectivity index (χ4n) is 2.08. The molecule has 0 saturated heterocycles. The van der Waals surface area contributed by atoms with Gasteiger partial charge in [-0.1, -0.05) is 19.1 Å². The normalized spacial score (nSPS) is 11.2. The lowest BCUT2D eigenvalue weighted by atomic mass is 10.2. The lowest BCUT2D eigenvalue weighted by Gasteiger charge is -2.01. The Bertz CT molecular complexity index is 638. The molecule has 0 atom stereocenters. The van der Waals surface area contributed by atoms with E-state index in [1.54, 1.807) is 17.6 Å². The molecule has 0 aliphatic heterocycles. The molecule has 0 spiro atoms. The molecule has 98 valence electrons. The van der Waals surface area contributed by atoms with Gasteiger partial charge >= 0.3 is 0 Å². The minimum absolute atomic E-state index is 0.781. The van der Waals surface area contributed by atoms with Gasteiger partial charge in [0.15, 0.2) is 0 Å². The number of nitrogens with one attached hydrogen (secondary N) is 1. The maximum Gasteiger partial charge on any atom is 0.121 e. The number of furan rings is 1. The van der Waals surface area contributed by atoms with Crippen LogP contribution in [0.1, 0.15) is 23.3 Å². The number of benzene rings is 1.